The number of hydrogen-bond acceptors (Lipinski definition) is 4. The first-order chi connectivity index (χ1) is 8.63. The van der Waals surface area contributed by atoms with Gasteiger partial charge < -0.3 is 10.1 Å². The Morgan fingerprint density at radius 1 is 1.61 bits per heavy atom. The summed E-state index contributed by atoms with van der Waals surface area (Å²) in [6.07, 6.45) is 3.71. The van der Waals surface area contributed by atoms with Crippen molar-refractivity contribution in [2.75, 3.05) is 6.61 Å². The Kier molecular flexibility index (Phi) is 3.60. The van der Waals surface area contributed by atoms with Gasteiger partial charge in [-0.3, -0.25) is 9.78 Å². The van der Waals surface area contributed by atoms with Crippen LogP contribution in [-0.4, -0.2) is 29.5 Å². The molecule has 0 aromatic carbocycles. The van der Waals surface area contributed by atoms with Gasteiger partial charge >= 0.3 is 5.97 Å². The molecule has 2 atom stereocenters. The number of carbonyl (C=O) groups excluding carboxylic acids is 2. The number of nitrogens with zero attached hydrogens (tertiary/aromatic N) is 1. The molecule has 1 aromatic heterocycles. The van der Waals surface area contributed by atoms with E-state index in [1.54, 1.807) is 19.3 Å². The van der Waals surface area contributed by atoms with Crippen LogP contribution in [0.2, 0.25) is 0 Å². The van der Waals surface area contributed by atoms with Crippen molar-refractivity contribution in [3.63, 3.8) is 0 Å². The van der Waals surface area contributed by atoms with E-state index in [0.29, 0.717) is 13.0 Å². The zero-order chi connectivity index (χ0) is 13.1. The second-order valence-corrected chi connectivity index (χ2v) is 4.34. The molecule has 0 radical (unpaired) electrons. The van der Waals surface area contributed by atoms with Crippen molar-refractivity contribution >= 4 is 11.9 Å². The van der Waals surface area contributed by atoms with Crippen molar-refractivity contribution in [1.29, 1.82) is 0 Å². The molecule has 96 valence electrons. The average molecular weight is 248 g/mol. The minimum Gasteiger partial charge on any atom is -0.464 e. The smallest absolute Gasteiger partial charge is 0.329 e. The molecule has 1 aliphatic rings. The summed E-state index contributed by atoms with van der Waals surface area (Å²) in [5, 5.41) is 2.67. The van der Waals surface area contributed by atoms with Crippen LogP contribution in [0.4, 0.5) is 0 Å². The van der Waals surface area contributed by atoms with E-state index >= 15 is 0 Å². The minimum atomic E-state index is -0.597. The second-order valence-electron chi connectivity index (χ2n) is 4.34. The molecule has 5 nitrogen and oxygen atoms in total. The zero-order valence-electron chi connectivity index (χ0n) is 10.5. The maximum atomic E-state index is 11.8. The molecule has 0 spiro atoms. The summed E-state index contributed by atoms with van der Waals surface area (Å²) in [5.41, 5.74) is 1.95. The van der Waals surface area contributed by atoms with Crippen LogP contribution in [0.3, 0.4) is 0 Å². The van der Waals surface area contributed by atoms with Crippen molar-refractivity contribution in [2.24, 2.45) is 0 Å². The third-order valence-electron chi connectivity index (χ3n) is 3.14. The van der Waals surface area contributed by atoms with Crippen LogP contribution in [-0.2, 0) is 14.3 Å². The van der Waals surface area contributed by atoms with Gasteiger partial charge in [0.25, 0.3) is 0 Å². The number of esters is 1. The van der Waals surface area contributed by atoms with E-state index in [9.17, 15) is 9.59 Å². The quantitative estimate of drug-likeness (QED) is 0.808. The van der Waals surface area contributed by atoms with Crippen LogP contribution in [0.15, 0.2) is 18.5 Å². The molecule has 18 heavy (non-hydrogen) atoms. The Balaban J connectivity index is 2.28. The van der Waals surface area contributed by atoms with Crippen molar-refractivity contribution in [1.82, 2.24) is 10.3 Å². The van der Waals surface area contributed by atoms with E-state index in [1.165, 1.54) is 0 Å². The van der Waals surface area contributed by atoms with Gasteiger partial charge in [0.05, 0.1) is 6.61 Å². The van der Waals surface area contributed by atoms with Crippen LogP contribution in [0.1, 0.15) is 30.4 Å². The van der Waals surface area contributed by atoms with Crippen LogP contribution in [0, 0.1) is 6.92 Å². The molecular formula is C13H16N2O3. The fourth-order valence-corrected chi connectivity index (χ4v) is 2.26. The number of aromatic nitrogens is 1. The normalized spacial score (nSPS) is 22.7. The van der Waals surface area contributed by atoms with Crippen LogP contribution in [0.25, 0.3) is 0 Å². The van der Waals surface area contributed by atoms with E-state index in [0.717, 1.165) is 11.1 Å². The predicted molar refractivity (Wildman–Crippen MR) is 64.9 cm³/mol. The second kappa shape index (κ2) is 5.16. The molecule has 1 aliphatic heterocycles. The number of aryl methyl sites for hydroxylation is 1. The number of amides is 1. The summed E-state index contributed by atoms with van der Waals surface area (Å²) in [4.78, 5) is 27.4. The molecule has 0 bridgehead atoms. The Bertz CT molecular complexity index is 473. The topological polar surface area (TPSA) is 68.3 Å². The lowest BCUT2D eigenvalue weighted by molar-refractivity contribution is -0.146. The average Bonchev–Trinajstić information content (AvgIpc) is 2.72. The molecule has 1 amide bonds. The summed E-state index contributed by atoms with van der Waals surface area (Å²) in [5.74, 6) is -0.692. The molecule has 2 unspecified atom stereocenters. The van der Waals surface area contributed by atoms with E-state index < -0.39 is 6.04 Å². The van der Waals surface area contributed by atoms with Gasteiger partial charge in [0, 0.05) is 24.7 Å². The third-order valence-corrected chi connectivity index (χ3v) is 3.14. The predicted octanol–water partition coefficient (Wildman–Crippen LogP) is 0.925. The fourth-order valence-electron chi connectivity index (χ4n) is 2.26. The first-order valence-electron chi connectivity index (χ1n) is 6.00. The molecule has 2 rings (SSSR count). The summed E-state index contributed by atoms with van der Waals surface area (Å²) in [6.45, 7) is 4.00. The van der Waals surface area contributed by atoms with Gasteiger partial charge in [-0.25, -0.2) is 4.79 Å². The van der Waals surface area contributed by atoms with Crippen molar-refractivity contribution in [3.8, 4) is 0 Å². The minimum absolute atomic E-state index is 0.124. The summed E-state index contributed by atoms with van der Waals surface area (Å²) >= 11 is 0. The van der Waals surface area contributed by atoms with Gasteiger partial charge in [0.1, 0.15) is 6.04 Å². The third kappa shape index (κ3) is 2.34. The standard InChI is InChI=1S/C13H16N2O3/c1-3-18-13(17)12-9(6-11(16)15-12)10-7-14-5-4-8(10)2/h4-5,7,9,12H,3,6H2,1-2H3,(H,15,16). The van der Waals surface area contributed by atoms with E-state index in [1.807, 2.05) is 13.0 Å². The number of carbonyl (C=O) groups is 2. The number of ether oxygens (including phenoxy) is 1. The van der Waals surface area contributed by atoms with Crippen LogP contribution >= 0.6 is 0 Å². The Hall–Kier alpha value is -1.91. The monoisotopic (exact) mass is 248 g/mol. The van der Waals surface area contributed by atoms with Crippen LogP contribution in [0.5, 0.6) is 0 Å². The first kappa shape index (κ1) is 12.5. The number of nitrogens with one attached hydrogen (secondary N) is 1. The van der Waals surface area contributed by atoms with Gasteiger partial charge in [-0.05, 0) is 31.0 Å². The van der Waals surface area contributed by atoms with Gasteiger partial charge in [-0.1, -0.05) is 0 Å². The van der Waals surface area contributed by atoms with Gasteiger partial charge in [-0.2, -0.15) is 0 Å². The SMILES string of the molecule is CCOC(=O)C1NC(=O)CC1c1cnccc1C. The van der Waals surface area contributed by atoms with Gasteiger partial charge in [0.15, 0.2) is 0 Å². The Labute approximate surface area is 106 Å². The first-order valence-corrected chi connectivity index (χ1v) is 6.00. The molecule has 0 aliphatic carbocycles. The molecule has 1 fully saturated rings. The molecule has 0 saturated carbocycles. The number of hydrogen-bond donors (Lipinski definition) is 1. The highest BCUT2D eigenvalue weighted by Gasteiger charge is 2.39. The summed E-state index contributed by atoms with van der Waals surface area (Å²) in [6, 6.07) is 1.28. The summed E-state index contributed by atoms with van der Waals surface area (Å²) in [7, 11) is 0. The van der Waals surface area contributed by atoms with Crippen molar-refractivity contribution in [2.45, 2.75) is 32.2 Å². The lowest BCUT2D eigenvalue weighted by Gasteiger charge is -2.18. The molecule has 1 aromatic rings. The lowest BCUT2D eigenvalue weighted by atomic mass is 9.90. The highest BCUT2D eigenvalue weighted by Crippen LogP contribution is 2.30. The highest BCUT2D eigenvalue weighted by molar-refractivity contribution is 5.90. The molecule has 5 heteroatoms. The highest BCUT2D eigenvalue weighted by atomic mass is 16.5. The lowest BCUT2D eigenvalue weighted by Crippen LogP contribution is -2.37. The maximum absolute atomic E-state index is 11.8. The molecule has 1 saturated heterocycles. The zero-order valence-corrected chi connectivity index (χ0v) is 10.5. The van der Waals surface area contributed by atoms with E-state index in [2.05, 4.69) is 10.3 Å². The van der Waals surface area contributed by atoms with Gasteiger partial charge in [0.2, 0.25) is 5.91 Å². The maximum Gasteiger partial charge on any atom is 0.329 e. The van der Waals surface area contributed by atoms with Crippen LogP contribution < -0.4 is 5.32 Å². The molecular weight excluding hydrogens is 232 g/mol. The molecule has 2 heterocycles. The van der Waals surface area contributed by atoms with E-state index in [4.69, 9.17) is 4.74 Å². The number of pyridine rings is 1. The van der Waals surface area contributed by atoms with Gasteiger partial charge in [-0.15, -0.1) is 0 Å². The Morgan fingerprint density at radius 3 is 3.06 bits per heavy atom. The fraction of sp³-hybridized carbons (Fsp3) is 0.462. The van der Waals surface area contributed by atoms with Crippen molar-refractivity contribution in [3.05, 3.63) is 29.6 Å². The van der Waals surface area contributed by atoms with Crippen molar-refractivity contribution < 1.29 is 14.3 Å². The van der Waals surface area contributed by atoms with E-state index in [-0.39, 0.29) is 17.8 Å². The Morgan fingerprint density at radius 2 is 2.39 bits per heavy atom. The largest absolute Gasteiger partial charge is 0.464 e. The molecule has 1 N–H and O–H groups in total. The summed E-state index contributed by atoms with van der Waals surface area (Å²) < 4.78 is 4.99. The number of rotatable bonds is 3.